The number of nitrogens with zero attached hydrogens (tertiary/aromatic N) is 1. The van der Waals surface area contributed by atoms with Crippen molar-refractivity contribution in [2.75, 3.05) is 6.54 Å². The Morgan fingerprint density at radius 3 is 2.68 bits per heavy atom. The quantitative estimate of drug-likeness (QED) is 0.334. The van der Waals surface area contributed by atoms with Crippen LogP contribution in [-0.2, 0) is 6.54 Å². The molecule has 1 unspecified atom stereocenters. The average Bonchev–Trinajstić information content (AvgIpc) is 2.32. The molecule has 0 heterocycles. The molecule has 0 fully saturated rings. The maximum atomic E-state index is 12.6. The Balaban J connectivity index is 2.58. The van der Waals surface area contributed by atoms with E-state index in [0.29, 0.717) is 0 Å². The normalized spacial score (nSPS) is 14.4. The number of oxime groups is 1. The highest BCUT2D eigenvalue weighted by molar-refractivity contribution is 9.10. The fraction of sp³-hybridized carbons (Fsp3) is 0.364. The van der Waals surface area contributed by atoms with E-state index in [0.717, 1.165) is 10.0 Å². The molecule has 0 amide bonds. The smallest absolute Gasteiger partial charge is 0.400 e. The van der Waals surface area contributed by atoms with Crippen LogP contribution in [0, 0.1) is 5.92 Å². The Bertz CT molecular complexity index is 451. The molecule has 0 saturated heterocycles. The van der Waals surface area contributed by atoms with Crippen molar-refractivity contribution in [3.63, 3.8) is 0 Å². The van der Waals surface area contributed by atoms with Crippen molar-refractivity contribution in [3.05, 3.63) is 34.3 Å². The molecule has 106 valence electrons. The Morgan fingerprint density at radius 1 is 1.47 bits per heavy atom. The minimum Gasteiger partial charge on any atom is -0.409 e. The van der Waals surface area contributed by atoms with Crippen molar-refractivity contribution in [2.24, 2.45) is 16.8 Å². The van der Waals surface area contributed by atoms with Crippen LogP contribution in [0.2, 0.25) is 0 Å². The highest BCUT2D eigenvalue weighted by atomic mass is 79.9. The van der Waals surface area contributed by atoms with Crippen molar-refractivity contribution < 1.29 is 18.4 Å². The molecule has 0 aliphatic carbocycles. The number of hydrogen-bond acceptors (Lipinski definition) is 3. The molecule has 0 aromatic heterocycles. The molecule has 0 saturated carbocycles. The summed E-state index contributed by atoms with van der Waals surface area (Å²) in [6, 6.07) is 7.17. The fourth-order valence-electron chi connectivity index (χ4n) is 1.47. The lowest BCUT2D eigenvalue weighted by molar-refractivity contribution is -0.154. The van der Waals surface area contributed by atoms with E-state index >= 15 is 0 Å². The van der Waals surface area contributed by atoms with Crippen LogP contribution in [0.3, 0.4) is 0 Å². The molecule has 1 aromatic rings. The lowest BCUT2D eigenvalue weighted by Crippen LogP contribution is -2.42. The van der Waals surface area contributed by atoms with Gasteiger partial charge in [0, 0.05) is 17.6 Å². The third-order valence-corrected chi connectivity index (χ3v) is 2.93. The molecule has 1 rings (SSSR count). The summed E-state index contributed by atoms with van der Waals surface area (Å²) in [7, 11) is 0. The van der Waals surface area contributed by atoms with E-state index in [4.69, 9.17) is 10.9 Å². The van der Waals surface area contributed by atoms with E-state index in [9.17, 15) is 13.2 Å². The van der Waals surface area contributed by atoms with Crippen molar-refractivity contribution in [3.8, 4) is 0 Å². The van der Waals surface area contributed by atoms with E-state index in [1.165, 1.54) is 0 Å². The molecular formula is C11H13BrF3N3O. The lowest BCUT2D eigenvalue weighted by Gasteiger charge is -2.19. The van der Waals surface area contributed by atoms with Gasteiger partial charge in [-0.15, -0.1) is 0 Å². The summed E-state index contributed by atoms with van der Waals surface area (Å²) in [5.74, 6) is -2.86. The minimum absolute atomic E-state index is 0.255. The standard InChI is InChI=1S/C11H13BrF3N3O/c12-8-3-1-2-7(4-8)5-17-6-9(10(16)18-19)11(13,14)15/h1-4,9,17,19H,5-6H2,(H2,16,18). The van der Waals surface area contributed by atoms with E-state index in [2.05, 4.69) is 26.4 Å². The zero-order valence-electron chi connectivity index (χ0n) is 9.78. The second kappa shape index (κ2) is 6.76. The maximum Gasteiger partial charge on any atom is 0.400 e. The highest BCUT2D eigenvalue weighted by Crippen LogP contribution is 2.26. The summed E-state index contributed by atoms with van der Waals surface area (Å²) < 4.78 is 38.7. The van der Waals surface area contributed by atoms with Crippen LogP contribution in [-0.4, -0.2) is 23.8 Å². The average molecular weight is 340 g/mol. The SMILES string of the molecule is N/C(=N/O)C(CNCc1cccc(Br)c1)C(F)(F)F. The van der Waals surface area contributed by atoms with E-state index in [1.807, 2.05) is 6.07 Å². The summed E-state index contributed by atoms with van der Waals surface area (Å²) in [5, 5.41) is 13.4. The van der Waals surface area contributed by atoms with Gasteiger partial charge in [0.2, 0.25) is 0 Å². The number of nitrogens with one attached hydrogen (secondary N) is 1. The van der Waals surface area contributed by atoms with Crippen LogP contribution in [0.4, 0.5) is 13.2 Å². The molecule has 0 radical (unpaired) electrons. The van der Waals surface area contributed by atoms with Crippen LogP contribution in [0.1, 0.15) is 5.56 Å². The van der Waals surface area contributed by atoms with Gasteiger partial charge in [-0.3, -0.25) is 0 Å². The van der Waals surface area contributed by atoms with Gasteiger partial charge in [0.15, 0.2) is 5.84 Å². The lowest BCUT2D eigenvalue weighted by atomic mass is 10.1. The third kappa shape index (κ3) is 5.07. The molecule has 0 aliphatic rings. The van der Waals surface area contributed by atoms with Gasteiger partial charge in [-0.25, -0.2) is 0 Å². The molecule has 0 spiro atoms. The second-order valence-corrected chi connectivity index (χ2v) is 4.80. The first-order valence-electron chi connectivity index (χ1n) is 5.34. The number of benzene rings is 1. The van der Waals surface area contributed by atoms with Crippen LogP contribution in [0.5, 0.6) is 0 Å². The maximum absolute atomic E-state index is 12.6. The number of alkyl halides is 3. The van der Waals surface area contributed by atoms with Gasteiger partial charge in [0.05, 0.1) is 0 Å². The largest absolute Gasteiger partial charge is 0.409 e. The summed E-state index contributed by atoms with van der Waals surface area (Å²) >= 11 is 3.27. The predicted molar refractivity (Wildman–Crippen MR) is 68.8 cm³/mol. The first-order chi connectivity index (χ1) is 8.84. The highest BCUT2D eigenvalue weighted by Gasteiger charge is 2.42. The Labute approximate surface area is 116 Å². The summed E-state index contributed by atoms with van der Waals surface area (Å²) in [5.41, 5.74) is 5.87. The van der Waals surface area contributed by atoms with Crippen LogP contribution in [0.25, 0.3) is 0 Å². The molecular weight excluding hydrogens is 327 g/mol. The third-order valence-electron chi connectivity index (χ3n) is 2.43. The van der Waals surface area contributed by atoms with E-state index in [1.54, 1.807) is 18.2 Å². The molecule has 1 aromatic carbocycles. The second-order valence-electron chi connectivity index (χ2n) is 3.88. The van der Waals surface area contributed by atoms with Gasteiger partial charge >= 0.3 is 6.18 Å². The number of halogens is 4. The van der Waals surface area contributed by atoms with E-state index < -0.39 is 24.5 Å². The molecule has 0 bridgehead atoms. The van der Waals surface area contributed by atoms with Gasteiger partial charge in [-0.2, -0.15) is 13.2 Å². The van der Waals surface area contributed by atoms with Crippen LogP contribution >= 0.6 is 15.9 Å². The fourth-order valence-corrected chi connectivity index (χ4v) is 1.91. The summed E-state index contributed by atoms with van der Waals surface area (Å²) in [6.07, 6.45) is -4.55. The number of amidine groups is 1. The van der Waals surface area contributed by atoms with Crippen LogP contribution in [0.15, 0.2) is 33.9 Å². The minimum atomic E-state index is -4.55. The molecule has 1 atom stereocenters. The summed E-state index contributed by atoms with van der Waals surface area (Å²) in [4.78, 5) is 0. The van der Waals surface area contributed by atoms with Gasteiger partial charge in [0.1, 0.15) is 5.92 Å². The zero-order chi connectivity index (χ0) is 14.5. The number of nitrogens with two attached hydrogens (primary N) is 1. The molecule has 4 N–H and O–H groups in total. The zero-order valence-corrected chi connectivity index (χ0v) is 11.4. The summed E-state index contributed by atoms with van der Waals surface area (Å²) in [6.45, 7) is -0.198. The molecule has 19 heavy (non-hydrogen) atoms. The van der Waals surface area contributed by atoms with Crippen molar-refractivity contribution >= 4 is 21.8 Å². The topological polar surface area (TPSA) is 70.6 Å². The monoisotopic (exact) mass is 339 g/mol. The van der Waals surface area contributed by atoms with Gasteiger partial charge in [-0.05, 0) is 17.7 Å². The molecule has 0 aliphatic heterocycles. The number of rotatable bonds is 5. The first kappa shape index (κ1) is 15.8. The van der Waals surface area contributed by atoms with Crippen molar-refractivity contribution in [2.45, 2.75) is 12.7 Å². The predicted octanol–water partition coefficient (Wildman–Crippen LogP) is 2.46. The number of hydrogen-bond donors (Lipinski definition) is 3. The van der Waals surface area contributed by atoms with Gasteiger partial charge < -0.3 is 16.3 Å². The van der Waals surface area contributed by atoms with Crippen molar-refractivity contribution in [1.82, 2.24) is 5.32 Å². The Kier molecular flexibility index (Phi) is 5.61. The molecule has 4 nitrogen and oxygen atoms in total. The van der Waals surface area contributed by atoms with Gasteiger partial charge in [0.25, 0.3) is 0 Å². The Hall–Kier alpha value is -1.28. The molecule has 8 heteroatoms. The van der Waals surface area contributed by atoms with E-state index in [-0.39, 0.29) is 6.54 Å². The Morgan fingerprint density at radius 2 is 2.16 bits per heavy atom. The van der Waals surface area contributed by atoms with Gasteiger partial charge in [-0.1, -0.05) is 33.2 Å². The first-order valence-corrected chi connectivity index (χ1v) is 6.13. The van der Waals surface area contributed by atoms with Crippen LogP contribution < -0.4 is 11.1 Å². The van der Waals surface area contributed by atoms with Crippen molar-refractivity contribution in [1.29, 1.82) is 0 Å².